The third-order valence-electron chi connectivity index (χ3n) is 3.74. The number of fused-ring (bicyclic) bond motifs is 1. The normalized spacial score (nSPS) is 16.5. The smallest absolute Gasteiger partial charge is 0.236 e. The third-order valence-corrected chi connectivity index (χ3v) is 3.74. The van der Waals surface area contributed by atoms with Crippen molar-refractivity contribution in [3.05, 3.63) is 18.2 Å². The Morgan fingerprint density at radius 1 is 1.36 bits per heavy atom. The molecule has 0 atom stereocenters. The van der Waals surface area contributed by atoms with E-state index in [4.69, 9.17) is 4.74 Å². The number of anilines is 2. The summed E-state index contributed by atoms with van der Waals surface area (Å²) in [5.74, 6) is 0.673. The Morgan fingerprint density at radius 3 is 2.73 bits per heavy atom. The predicted octanol–water partition coefficient (Wildman–Crippen LogP) is 3.20. The van der Waals surface area contributed by atoms with Crippen LogP contribution < -0.4 is 15.0 Å². The first-order valence-corrected chi connectivity index (χ1v) is 7.77. The van der Waals surface area contributed by atoms with E-state index in [1.54, 1.807) is 11.0 Å². The molecule has 5 nitrogen and oxygen atoms in total. The SMILES string of the molecule is CCCC(=O)Nc1ccc2c(c1)OCC(C)(C)C(=O)N2CC. The van der Waals surface area contributed by atoms with Crippen molar-refractivity contribution < 1.29 is 14.3 Å². The molecule has 0 saturated carbocycles. The lowest BCUT2D eigenvalue weighted by Crippen LogP contribution is -2.42. The summed E-state index contributed by atoms with van der Waals surface area (Å²) in [6.07, 6.45) is 1.30. The molecule has 0 aliphatic carbocycles. The number of benzene rings is 1. The van der Waals surface area contributed by atoms with E-state index in [2.05, 4.69) is 5.32 Å². The summed E-state index contributed by atoms with van der Waals surface area (Å²) in [6.45, 7) is 8.58. The van der Waals surface area contributed by atoms with Crippen molar-refractivity contribution in [1.29, 1.82) is 0 Å². The Kier molecular flexibility index (Phi) is 4.74. The lowest BCUT2D eigenvalue weighted by atomic mass is 9.93. The minimum atomic E-state index is -0.569. The minimum absolute atomic E-state index is 0.0141. The number of amides is 2. The van der Waals surface area contributed by atoms with Crippen molar-refractivity contribution in [1.82, 2.24) is 0 Å². The average molecular weight is 304 g/mol. The number of nitrogens with zero attached hydrogens (tertiary/aromatic N) is 1. The zero-order valence-electron chi connectivity index (χ0n) is 13.7. The van der Waals surface area contributed by atoms with Crippen LogP contribution >= 0.6 is 0 Å². The Bertz CT molecular complexity index is 581. The molecule has 2 rings (SSSR count). The molecule has 0 unspecified atom stereocenters. The van der Waals surface area contributed by atoms with Gasteiger partial charge in [0.05, 0.1) is 11.1 Å². The van der Waals surface area contributed by atoms with Crippen molar-refractivity contribution in [2.45, 2.75) is 40.5 Å². The first-order chi connectivity index (χ1) is 10.4. The summed E-state index contributed by atoms with van der Waals surface area (Å²) >= 11 is 0. The molecule has 0 aromatic heterocycles. The van der Waals surface area contributed by atoms with E-state index in [0.29, 0.717) is 31.0 Å². The zero-order chi connectivity index (χ0) is 16.3. The quantitative estimate of drug-likeness (QED) is 0.929. The topological polar surface area (TPSA) is 58.6 Å². The van der Waals surface area contributed by atoms with Gasteiger partial charge in [-0.25, -0.2) is 0 Å². The van der Waals surface area contributed by atoms with Gasteiger partial charge in [-0.15, -0.1) is 0 Å². The molecule has 1 aliphatic heterocycles. The zero-order valence-corrected chi connectivity index (χ0v) is 13.7. The van der Waals surface area contributed by atoms with Crippen LogP contribution in [0.15, 0.2) is 18.2 Å². The molecule has 0 saturated heterocycles. The lowest BCUT2D eigenvalue weighted by Gasteiger charge is -2.26. The summed E-state index contributed by atoms with van der Waals surface area (Å²) in [7, 11) is 0. The van der Waals surface area contributed by atoms with E-state index in [-0.39, 0.29) is 11.8 Å². The molecule has 22 heavy (non-hydrogen) atoms. The van der Waals surface area contributed by atoms with Crippen LogP contribution in [-0.2, 0) is 9.59 Å². The van der Waals surface area contributed by atoms with Gasteiger partial charge in [-0.3, -0.25) is 9.59 Å². The summed E-state index contributed by atoms with van der Waals surface area (Å²) < 4.78 is 5.83. The van der Waals surface area contributed by atoms with Gasteiger partial charge in [-0.05, 0) is 39.3 Å². The van der Waals surface area contributed by atoms with Gasteiger partial charge in [-0.2, -0.15) is 0 Å². The molecule has 1 aliphatic rings. The van der Waals surface area contributed by atoms with E-state index < -0.39 is 5.41 Å². The molecule has 1 heterocycles. The maximum Gasteiger partial charge on any atom is 0.236 e. The van der Waals surface area contributed by atoms with Crippen LogP contribution in [0, 0.1) is 5.41 Å². The van der Waals surface area contributed by atoms with Gasteiger partial charge in [0.15, 0.2) is 0 Å². The first-order valence-electron chi connectivity index (χ1n) is 7.77. The maximum absolute atomic E-state index is 12.6. The van der Waals surface area contributed by atoms with Gasteiger partial charge in [0.2, 0.25) is 11.8 Å². The van der Waals surface area contributed by atoms with E-state index in [0.717, 1.165) is 12.1 Å². The molecule has 2 amide bonds. The van der Waals surface area contributed by atoms with Crippen LogP contribution in [0.5, 0.6) is 5.75 Å². The average Bonchev–Trinajstić information content (AvgIpc) is 2.56. The van der Waals surface area contributed by atoms with Gasteiger partial charge in [0.25, 0.3) is 0 Å². The molecule has 0 spiro atoms. The highest BCUT2D eigenvalue weighted by molar-refractivity contribution is 6.00. The van der Waals surface area contributed by atoms with Crippen LogP contribution in [0.1, 0.15) is 40.5 Å². The van der Waals surface area contributed by atoms with Crippen molar-refractivity contribution >= 4 is 23.2 Å². The van der Waals surface area contributed by atoms with Crippen LogP contribution in [-0.4, -0.2) is 25.0 Å². The Morgan fingerprint density at radius 2 is 2.09 bits per heavy atom. The number of ether oxygens (including phenoxy) is 1. The van der Waals surface area contributed by atoms with Gasteiger partial charge in [0.1, 0.15) is 12.4 Å². The fourth-order valence-corrected chi connectivity index (χ4v) is 2.49. The second-order valence-electron chi connectivity index (χ2n) is 6.20. The van der Waals surface area contributed by atoms with E-state index in [1.807, 2.05) is 39.8 Å². The van der Waals surface area contributed by atoms with Crippen LogP contribution in [0.2, 0.25) is 0 Å². The summed E-state index contributed by atoms with van der Waals surface area (Å²) in [6, 6.07) is 5.43. The lowest BCUT2D eigenvalue weighted by molar-refractivity contribution is -0.127. The second kappa shape index (κ2) is 6.38. The number of carbonyl (C=O) groups excluding carboxylic acids is 2. The molecule has 1 aromatic rings. The first kappa shape index (κ1) is 16.3. The number of carbonyl (C=O) groups is 2. The number of hydrogen-bond donors (Lipinski definition) is 1. The summed E-state index contributed by atoms with van der Waals surface area (Å²) in [5, 5.41) is 2.86. The van der Waals surface area contributed by atoms with E-state index >= 15 is 0 Å². The molecule has 120 valence electrons. The summed E-state index contributed by atoms with van der Waals surface area (Å²) in [5.41, 5.74) is 0.882. The summed E-state index contributed by atoms with van der Waals surface area (Å²) in [4.78, 5) is 26.0. The molecule has 0 radical (unpaired) electrons. The molecular weight excluding hydrogens is 280 g/mol. The molecule has 5 heteroatoms. The van der Waals surface area contributed by atoms with Gasteiger partial charge in [-0.1, -0.05) is 6.92 Å². The minimum Gasteiger partial charge on any atom is -0.490 e. The predicted molar refractivity (Wildman–Crippen MR) is 87.3 cm³/mol. The Labute approximate surface area is 131 Å². The van der Waals surface area contributed by atoms with Crippen molar-refractivity contribution in [3.8, 4) is 5.75 Å². The molecule has 1 aromatic carbocycles. The Hall–Kier alpha value is -2.04. The largest absolute Gasteiger partial charge is 0.490 e. The maximum atomic E-state index is 12.6. The van der Waals surface area contributed by atoms with Crippen molar-refractivity contribution in [2.75, 3.05) is 23.4 Å². The van der Waals surface area contributed by atoms with Crippen LogP contribution in [0.3, 0.4) is 0 Å². The number of nitrogens with one attached hydrogen (secondary N) is 1. The number of rotatable bonds is 4. The molecule has 1 N–H and O–H groups in total. The fourth-order valence-electron chi connectivity index (χ4n) is 2.49. The molecule has 0 bridgehead atoms. The van der Waals surface area contributed by atoms with E-state index in [9.17, 15) is 9.59 Å². The third kappa shape index (κ3) is 3.24. The monoisotopic (exact) mass is 304 g/mol. The van der Waals surface area contributed by atoms with Crippen molar-refractivity contribution in [2.24, 2.45) is 5.41 Å². The van der Waals surface area contributed by atoms with Crippen LogP contribution in [0.25, 0.3) is 0 Å². The highest BCUT2D eigenvalue weighted by atomic mass is 16.5. The second-order valence-corrected chi connectivity index (χ2v) is 6.20. The van der Waals surface area contributed by atoms with Crippen LogP contribution in [0.4, 0.5) is 11.4 Å². The number of hydrogen-bond acceptors (Lipinski definition) is 3. The van der Waals surface area contributed by atoms with E-state index in [1.165, 1.54) is 0 Å². The standard InChI is InChI=1S/C17H24N2O3/c1-5-7-15(20)18-12-8-9-13-14(10-12)22-11-17(3,4)16(21)19(13)6-2/h8-10H,5-7,11H2,1-4H3,(H,18,20). The van der Waals surface area contributed by atoms with Gasteiger partial charge < -0.3 is 15.0 Å². The van der Waals surface area contributed by atoms with Gasteiger partial charge in [0, 0.05) is 24.7 Å². The fraction of sp³-hybridized carbons (Fsp3) is 0.529. The van der Waals surface area contributed by atoms with Crippen molar-refractivity contribution in [3.63, 3.8) is 0 Å². The molecular formula is C17H24N2O3. The highest BCUT2D eigenvalue weighted by Crippen LogP contribution is 2.38. The highest BCUT2D eigenvalue weighted by Gasteiger charge is 2.37. The Balaban J connectivity index is 2.32. The van der Waals surface area contributed by atoms with Gasteiger partial charge >= 0.3 is 0 Å². The molecule has 0 fully saturated rings.